The monoisotopic (exact) mass is 464 g/mol. The smallest absolute Gasteiger partial charge is 0.292 e. The molecule has 1 aliphatic rings. The molecule has 11 heteroatoms. The highest BCUT2D eigenvalue weighted by molar-refractivity contribution is 6.05. The number of methoxy groups -OCH3 is 1. The third-order valence-corrected chi connectivity index (χ3v) is 5.71. The van der Waals surface area contributed by atoms with Crippen molar-refractivity contribution >= 4 is 34.1 Å². The van der Waals surface area contributed by atoms with Crippen LogP contribution in [0.4, 0.5) is 17.2 Å². The van der Waals surface area contributed by atoms with E-state index in [9.17, 15) is 9.59 Å². The number of hydrogen-bond donors (Lipinski definition) is 3. The summed E-state index contributed by atoms with van der Waals surface area (Å²) in [5.41, 5.74) is -0.118. The molecule has 5 rings (SSSR count). The van der Waals surface area contributed by atoms with E-state index in [4.69, 9.17) is 13.4 Å². The van der Waals surface area contributed by atoms with Crippen LogP contribution in [0.5, 0.6) is 0 Å². The number of nitrogens with one attached hydrogen (secondary N) is 3. The van der Waals surface area contributed by atoms with Gasteiger partial charge in [0.05, 0.1) is 17.8 Å². The van der Waals surface area contributed by atoms with Crippen LogP contribution in [0.3, 0.4) is 0 Å². The van der Waals surface area contributed by atoms with Gasteiger partial charge < -0.3 is 25.2 Å². The minimum Gasteiger partial charge on any atom is -0.386 e. The van der Waals surface area contributed by atoms with E-state index in [1.165, 1.54) is 10.6 Å². The molecule has 1 saturated carbocycles. The number of carbonyl (C=O) groups excluding carboxylic acids is 1. The highest BCUT2D eigenvalue weighted by Crippen LogP contribution is 2.29. The van der Waals surface area contributed by atoms with Gasteiger partial charge >= 0.3 is 0 Å². The summed E-state index contributed by atoms with van der Waals surface area (Å²) in [5, 5.41) is 12.0. The molecule has 1 aliphatic carbocycles. The lowest BCUT2D eigenvalue weighted by atomic mass is 9.89. The van der Waals surface area contributed by atoms with E-state index in [1.54, 1.807) is 49.8 Å². The molecule has 4 aromatic rings. The second-order valence-electron chi connectivity index (χ2n) is 7.73. The van der Waals surface area contributed by atoms with Crippen LogP contribution >= 0.6 is 0 Å². The molecule has 34 heavy (non-hydrogen) atoms. The van der Waals surface area contributed by atoms with E-state index >= 15 is 0 Å². The van der Waals surface area contributed by atoms with Gasteiger partial charge in [0.1, 0.15) is 22.8 Å². The first-order chi connectivity index (χ1) is 17.7. The molecule has 0 unspecified atom stereocenters. The number of nitrogens with zero attached hydrogens (tertiary/aromatic N) is 4. The summed E-state index contributed by atoms with van der Waals surface area (Å²) in [6.07, 6.45) is 4.62. The van der Waals surface area contributed by atoms with Gasteiger partial charge in [-0.1, -0.05) is 11.2 Å². The van der Waals surface area contributed by atoms with Crippen LogP contribution in [0.25, 0.3) is 16.9 Å². The molecule has 11 nitrogen and oxygen atoms in total. The molecule has 0 aromatic carbocycles. The van der Waals surface area contributed by atoms with E-state index in [-0.39, 0.29) is 46.1 Å². The first kappa shape index (κ1) is 18.2. The van der Waals surface area contributed by atoms with Crippen LogP contribution in [0, 0.1) is 0 Å². The van der Waals surface area contributed by atoms with Crippen molar-refractivity contribution in [2.75, 3.05) is 24.7 Å². The molecular weight excluding hydrogens is 438 g/mol. The fourth-order valence-electron chi connectivity index (χ4n) is 3.79. The van der Waals surface area contributed by atoms with Crippen molar-refractivity contribution in [3.63, 3.8) is 0 Å². The maximum Gasteiger partial charge on any atom is 0.292 e. The van der Waals surface area contributed by atoms with Crippen LogP contribution in [-0.4, -0.2) is 51.8 Å². The Morgan fingerprint density at radius 1 is 1.24 bits per heavy atom. The Morgan fingerprint density at radius 3 is 2.88 bits per heavy atom. The number of anilines is 3. The largest absolute Gasteiger partial charge is 0.386 e. The molecule has 1 amide bonds. The second kappa shape index (κ2) is 8.94. The Bertz CT molecular complexity index is 1500. The number of fused-ring (bicyclic) bond motifs is 1. The van der Waals surface area contributed by atoms with Gasteiger partial charge in [0.25, 0.3) is 11.5 Å². The van der Waals surface area contributed by atoms with Crippen molar-refractivity contribution in [1.82, 2.24) is 25.0 Å². The third kappa shape index (κ3) is 3.86. The Kier molecular flexibility index (Phi) is 4.79. The quantitative estimate of drug-likeness (QED) is 0.377. The van der Waals surface area contributed by atoms with Crippen molar-refractivity contribution in [2.24, 2.45) is 0 Å². The van der Waals surface area contributed by atoms with E-state index in [1.807, 2.05) is 0 Å². The van der Waals surface area contributed by atoms with Gasteiger partial charge in [-0.05, 0) is 37.1 Å². The van der Waals surface area contributed by atoms with Crippen LogP contribution in [-0.2, 0) is 4.74 Å². The minimum atomic E-state index is -2.57. The van der Waals surface area contributed by atoms with E-state index in [2.05, 4.69) is 31.1 Å². The number of carbonyl (C=O) groups is 1. The summed E-state index contributed by atoms with van der Waals surface area (Å²) in [5.74, 6) is -0.220. The standard InChI is InChI=1S/C23H23N7O4/c1-24-15-12-17(26-14-6-5-11-30(23(14)32)18-7-3-4-10-25-18)28-20-19(15)29-34-21(20)22(31)27-13-8-9-16(13)33-2/h3-7,10-13,16,24H,8-9H2,1-2H3,(H,26,28)(H,27,31)/t13-,16-/m1/s1/i1D3. The first-order valence-electron chi connectivity index (χ1n) is 12.1. The van der Waals surface area contributed by atoms with Gasteiger partial charge in [-0.2, -0.15) is 0 Å². The number of rotatable bonds is 7. The number of pyridine rings is 3. The lowest BCUT2D eigenvalue weighted by Crippen LogP contribution is -2.51. The SMILES string of the molecule is [2H]C([2H])([2H])Nc1cc(Nc2cccn(-c3ccccn3)c2=O)nc2c(C(=O)N[C@@H]3CC[C@H]3OC)onc12. The highest BCUT2D eigenvalue weighted by Gasteiger charge is 2.34. The van der Waals surface area contributed by atoms with Crippen LogP contribution < -0.4 is 21.5 Å². The summed E-state index contributed by atoms with van der Waals surface area (Å²) in [4.78, 5) is 34.7. The van der Waals surface area contributed by atoms with Crippen molar-refractivity contribution in [3.05, 3.63) is 64.9 Å². The summed E-state index contributed by atoms with van der Waals surface area (Å²) < 4.78 is 34.8. The van der Waals surface area contributed by atoms with E-state index < -0.39 is 18.4 Å². The second-order valence-corrected chi connectivity index (χ2v) is 7.73. The van der Waals surface area contributed by atoms with Gasteiger partial charge in [0.2, 0.25) is 5.76 Å². The molecule has 3 N–H and O–H groups in total. The fraction of sp³-hybridized carbons (Fsp3) is 0.261. The zero-order valence-electron chi connectivity index (χ0n) is 21.1. The van der Waals surface area contributed by atoms with Gasteiger partial charge in [-0.15, -0.1) is 0 Å². The zero-order valence-corrected chi connectivity index (χ0v) is 18.1. The number of hydrogen-bond acceptors (Lipinski definition) is 9. The molecule has 0 spiro atoms. The van der Waals surface area contributed by atoms with Crippen LogP contribution in [0.15, 0.2) is 58.1 Å². The molecule has 174 valence electrons. The average molecular weight is 465 g/mol. The Labute approximate surface area is 198 Å². The fourth-order valence-corrected chi connectivity index (χ4v) is 3.79. The lowest BCUT2D eigenvalue weighted by molar-refractivity contribution is 0.00678. The first-order valence-corrected chi connectivity index (χ1v) is 10.6. The summed E-state index contributed by atoms with van der Waals surface area (Å²) in [7, 11) is 1.57. The molecule has 2 atom stereocenters. The van der Waals surface area contributed by atoms with Crippen molar-refractivity contribution in [1.29, 1.82) is 0 Å². The Hall–Kier alpha value is -4.25. The Balaban J connectivity index is 1.53. The molecule has 0 aliphatic heterocycles. The third-order valence-electron chi connectivity index (χ3n) is 5.71. The lowest BCUT2D eigenvalue weighted by Gasteiger charge is -2.35. The normalized spacial score (nSPS) is 18.9. The predicted molar refractivity (Wildman–Crippen MR) is 126 cm³/mol. The maximum atomic E-state index is 13.1. The molecule has 1 fully saturated rings. The average Bonchev–Trinajstić information content (AvgIpc) is 3.27. The summed E-state index contributed by atoms with van der Waals surface area (Å²) >= 11 is 0. The molecule has 0 bridgehead atoms. The topological polar surface area (TPSA) is 136 Å². The number of ether oxygens (including phenoxy) is 1. The zero-order chi connectivity index (χ0) is 26.2. The van der Waals surface area contributed by atoms with Gasteiger partial charge in [0.15, 0.2) is 5.52 Å². The molecule has 4 heterocycles. The molecular formula is C23H23N7O4. The molecule has 0 radical (unpaired) electrons. The highest BCUT2D eigenvalue weighted by atomic mass is 16.5. The maximum absolute atomic E-state index is 13.1. The van der Waals surface area contributed by atoms with Crippen molar-refractivity contribution in [3.8, 4) is 5.82 Å². The molecule has 4 aromatic heterocycles. The molecule has 0 saturated heterocycles. The summed E-state index contributed by atoms with van der Waals surface area (Å²) in [6.45, 7) is -2.57. The predicted octanol–water partition coefficient (Wildman–Crippen LogP) is 2.46. The van der Waals surface area contributed by atoms with Gasteiger partial charge in [0, 0.05) is 36.7 Å². The minimum absolute atomic E-state index is 0.0310. The summed E-state index contributed by atoms with van der Waals surface area (Å²) in [6, 6.07) is 9.58. The van der Waals surface area contributed by atoms with Crippen molar-refractivity contribution < 1.29 is 18.2 Å². The van der Waals surface area contributed by atoms with E-state index in [0.29, 0.717) is 5.82 Å². The van der Waals surface area contributed by atoms with Crippen LogP contribution in [0.2, 0.25) is 0 Å². The van der Waals surface area contributed by atoms with Gasteiger partial charge in [-0.3, -0.25) is 14.2 Å². The van der Waals surface area contributed by atoms with Crippen molar-refractivity contribution in [2.45, 2.75) is 25.0 Å². The van der Waals surface area contributed by atoms with Crippen LogP contribution in [0.1, 0.15) is 27.5 Å². The Morgan fingerprint density at radius 2 is 2.15 bits per heavy atom. The number of aromatic nitrogens is 4. The van der Waals surface area contributed by atoms with E-state index in [0.717, 1.165) is 12.8 Å². The van der Waals surface area contributed by atoms with Gasteiger partial charge in [-0.25, -0.2) is 9.97 Å². The number of amides is 1.